The summed E-state index contributed by atoms with van der Waals surface area (Å²) >= 11 is 5.88. The molecule has 2 aromatic carbocycles. The first kappa shape index (κ1) is 20.6. The normalized spacial score (nSPS) is 16.6. The highest BCUT2D eigenvalue weighted by molar-refractivity contribution is 6.30. The maximum absolute atomic E-state index is 13.9. The third kappa shape index (κ3) is 5.22. The molecule has 0 spiro atoms. The quantitative estimate of drug-likeness (QED) is 0.797. The van der Waals surface area contributed by atoms with Gasteiger partial charge in [0.2, 0.25) is 5.91 Å². The molecule has 7 heteroatoms. The summed E-state index contributed by atoms with van der Waals surface area (Å²) in [5.74, 6) is -0.117. The fourth-order valence-corrected chi connectivity index (χ4v) is 3.45. The topological polar surface area (TPSA) is 44.8 Å². The Kier molecular flexibility index (Phi) is 6.88. The van der Waals surface area contributed by atoms with Crippen LogP contribution in [0.15, 0.2) is 42.5 Å². The monoisotopic (exact) mass is 405 g/mol. The number of rotatable bonds is 6. The molecule has 2 aromatic rings. The van der Waals surface area contributed by atoms with Crippen molar-refractivity contribution in [1.29, 1.82) is 0 Å². The molecule has 0 saturated carbocycles. The van der Waals surface area contributed by atoms with Gasteiger partial charge in [-0.25, -0.2) is 4.39 Å². The van der Waals surface area contributed by atoms with Crippen molar-refractivity contribution in [3.8, 4) is 5.75 Å². The summed E-state index contributed by atoms with van der Waals surface area (Å²) in [5, 5.41) is 3.57. The molecule has 0 bridgehead atoms. The first-order valence-electron chi connectivity index (χ1n) is 9.31. The molecule has 5 nitrogen and oxygen atoms in total. The second-order valence-electron chi connectivity index (χ2n) is 6.95. The second kappa shape index (κ2) is 9.37. The Labute approximate surface area is 170 Å². The number of anilines is 1. The fraction of sp³-hybridized carbons (Fsp3) is 0.381. The van der Waals surface area contributed by atoms with E-state index >= 15 is 0 Å². The number of carbonyl (C=O) groups excluding carboxylic acids is 1. The first-order valence-corrected chi connectivity index (χ1v) is 9.69. The van der Waals surface area contributed by atoms with Crippen molar-refractivity contribution in [1.82, 2.24) is 9.80 Å². The van der Waals surface area contributed by atoms with E-state index in [-0.39, 0.29) is 23.5 Å². The van der Waals surface area contributed by atoms with E-state index in [1.165, 1.54) is 13.2 Å². The number of hydrogen-bond acceptors (Lipinski definition) is 4. The van der Waals surface area contributed by atoms with E-state index in [0.29, 0.717) is 11.6 Å². The van der Waals surface area contributed by atoms with Crippen LogP contribution in [0, 0.1) is 5.82 Å². The third-order valence-corrected chi connectivity index (χ3v) is 5.32. The Morgan fingerprint density at radius 3 is 2.46 bits per heavy atom. The summed E-state index contributed by atoms with van der Waals surface area (Å²) in [6.45, 7) is 5.82. The average molecular weight is 406 g/mol. The van der Waals surface area contributed by atoms with Gasteiger partial charge in [0, 0.05) is 43.4 Å². The maximum atomic E-state index is 13.9. The number of piperazine rings is 1. The highest BCUT2D eigenvalue weighted by Crippen LogP contribution is 2.20. The van der Waals surface area contributed by atoms with Crippen molar-refractivity contribution < 1.29 is 13.9 Å². The van der Waals surface area contributed by atoms with Gasteiger partial charge < -0.3 is 10.1 Å². The van der Waals surface area contributed by atoms with Gasteiger partial charge in [-0.2, -0.15) is 0 Å². The zero-order valence-corrected chi connectivity index (χ0v) is 16.9. The molecule has 0 radical (unpaired) electrons. The number of benzene rings is 2. The van der Waals surface area contributed by atoms with Gasteiger partial charge in [-0.3, -0.25) is 14.6 Å². The van der Waals surface area contributed by atoms with Crippen LogP contribution in [-0.2, 0) is 11.3 Å². The number of methoxy groups -OCH3 is 1. The molecule has 3 rings (SSSR count). The van der Waals surface area contributed by atoms with E-state index in [0.717, 1.165) is 37.4 Å². The summed E-state index contributed by atoms with van der Waals surface area (Å²) in [7, 11) is 1.46. The van der Waals surface area contributed by atoms with Crippen LogP contribution in [0.3, 0.4) is 0 Å². The van der Waals surface area contributed by atoms with E-state index < -0.39 is 0 Å². The lowest BCUT2D eigenvalue weighted by Gasteiger charge is -2.37. The minimum Gasteiger partial charge on any atom is -0.494 e. The fourth-order valence-electron chi connectivity index (χ4n) is 3.32. The molecule has 1 amide bonds. The Hall–Kier alpha value is -2.15. The molecule has 1 aliphatic rings. The van der Waals surface area contributed by atoms with Gasteiger partial charge >= 0.3 is 0 Å². The molecule has 0 unspecified atom stereocenters. The lowest BCUT2D eigenvalue weighted by molar-refractivity contribution is -0.121. The summed E-state index contributed by atoms with van der Waals surface area (Å²) in [6, 6.07) is 11.9. The SMILES string of the molecule is COc1ccc(CN2CCN([C@@H](C)C(=O)Nc3ccc(Cl)cc3)CC2)cc1F. The van der Waals surface area contributed by atoms with Gasteiger partial charge in [-0.1, -0.05) is 17.7 Å². The standard InChI is InChI=1S/C21H25ClFN3O2/c1-15(21(27)24-18-6-4-17(22)5-7-18)26-11-9-25(10-12-26)14-16-3-8-20(28-2)19(23)13-16/h3-8,13,15H,9-12,14H2,1-2H3,(H,24,27)/t15-/m0/s1. The van der Waals surface area contributed by atoms with Crippen molar-refractivity contribution in [2.24, 2.45) is 0 Å². The van der Waals surface area contributed by atoms with Crippen LogP contribution in [0.1, 0.15) is 12.5 Å². The first-order chi connectivity index (χ1) is 13.5. The van der Waals surface area contributed by atoms with Gasteiger partial charge in [0.1, 0.15) is 0 Å². The highest BCUT2D eigenvalue weighted by Gasteiger charge is 2.25. The molecule has 150 valence electrons. The summed E-state index contributed by atoms with van der Waals surface area (Å²) in [5.41, 5.74) is 1.65. The lowest BCUT2D eigenvalue weighted by atomic mass is 10.1. The molecular formula is C21H25ClFN3O2. The van der Waals surface area contributed by atoms with Crippen LogP contribution in [-0.4, -0.2) is 55.0 Å². The number of carbonyl (C=O) groups is 1. The minimum absolute atomic E-state index is 0.0343. The zero-order valence-electron chi connectivity index (χ0n) is 16.1. The van der Waals surface area contributed by atoms with Gasteiger partial charge in [0.25, 0.3) is 0 Å². The van der Waals surface area contributed by atoms with Crippen LogP contribution >= 0.6 is 11.6 Å². The van der Waals surface area contributed by atoms with Crippen LogP contribution in [0.2, 0.25) is 5.02 Å². The molecule has 0 aliphatic carbocycles. The van der Waals surface area contributed by atoms with Crippen LogP contribution in [0.5, 0.6) is 5.75 Å². The predicted molar refractivity (Wildman–Crippen MR) is 109 cm³/mol. The summed E-state index contributed by atoms with van der Waals surface area (Å²) in [6.07, 6.45) is 0. The molecule has 1 N–H and O–H groups in total. The van der Waals surface area contributed by atoms with E-state index in [1.54, 1.807) is 30.3 Å². The average Bonchev–Trinajstić information content (AvgIpc) is 2.70. The Morgan fingerprint density at radius 1 is 1.18 bits per heavy atom. The van der Waals surface area contributed by atoms with Crippen LogP contribution in [0.25, 0.3) is 0 Å². The number of hydrogen-bond donors (Lipinski definition) is 1. The molecule has 0 aromatic heterocycles. The smallest absolute Gasteiger partial charge is 0.241 e. The highest BCUT2D eigenvalue weighted by atomic mass is 35.5. The van der Waals surface area contributed by atoms with Crippen molar-refractivity contribution >= 4 is 23.2 Å². The van der Waals surface area contributed by atoms with Crippen molar-refractivity contribution in [3.05, 3.63) is 58.9 Å². The number of amides is 1. The molecule has 1 heterocycles. The number of ether oxygens (including phenoxy) is 1. The number of halogens is 2. The third-order valence-electron chi connectivity index (χ3n) is 5.07. The maximum Gasteiger partial charge on any atom is 0.241 e. The predicted octanol–water partition coefficient (Wildman–Crippen LogP) is 3.63. The lowest BCUT2D eigenvalue weighted by Crippen LogP contribution is -2.52. The number of nitrogens with zero attached hydrogens (tertiary/aromatic N) is 2. The number of nitrogens with one attached hydrogen (secondary N) is 1. The van der Waals surface area contributed by atoms with Gasteiger partial charge in [-0.05, 0) is 48.9 Å². The second-order valence-corrected chi connectivity index (χ2v) is 7.39. The molecule has 1 fully saturated rings. The van der Waals surface area contributed by atoms with Crippen LogP contribution < -0.4 is 10.1 Å². The summed E-state index contributed by atoms with van der Waals surface area (Å²) < 4.78 is 18.8. The van der Waals surface area contributed by atoms with Gasteiger partial charge in [0.05, 0.1) is 13.2 Å². The minimum atomic E-state index is -0.342. The van der Waals surface area contributed by atoms with Crippen molar-refractivity contribution in [2.75, 3.05) is 38.6 Å². The van der Waals surface area contributed by atoms with Crippen LogP contribution in [0.4, 0.5) is 10.1 Å². The van der Waals surface area contributed by atoms with E-state index in [1.807, 2.05) is 13.0 Å². The van der Waals surface area contributed by atoms with Gasteiger partial charge in [-0.15, -0.1) is 0 Å². The van der Waals surface area contributed by atoms with Gasteiger partial charge in [0.15, 0.2) is 11.6 Å². The zero-order chi connectivity index (χ0) is 20.1. The largest absolute Gasteiger partial charge is 0.494 e. The molecule has 28 heavy (non-hydrogen) atoms. The molecule has 1 atom stereocenters. The van der Waals surface area contributed by atoms with E-state index in [2.05, 4.69) is 15.1 Å². The molecular weight excluding hydrogens is 381 g/mol. The van der Waals surface area contributed by atoms with E-state index in [9.17, 15) is 9.18 Å². The Morgan fingerprint density at radius 2 is 1.86 bits per heavy atom. The van der Waals surface area contributed by atoms with E-state index in [4.69, 9.17) is 16.3 Å². The Balaban J connectivity index is 1.49. The van der Waals surface area contributed by atoms with Crippen molar-refractivity contribution in [2.45, 2.75) is 19.5 Å². The van der Waals surface area contributed by atoms with Crippen molar-refractivity contribution in [3.63, 3.8) is 0 Å². The molecule has 1 saturated heterocycles. The molecule has 1 aliphatic heterocycles. The summed E-state index contributed by atoms with van der Waals surface area (Å²) in [4.78, 5) is 16.9. The Bertz CT molecular complexity index is 808.